The van der Waals surface area contributed by atoms with E-state index in [-0.39, 0.29) is 0 Å². The Balaban J connectivity index is 2.53. The SMILES string of the molecule is CC[Si](CC)(CC)ON=Cc1ccco1. The lowest BCUT2D eigenvalue weighted by Crippen LogP contribution is -2.33. The Morgan fingerprint density at radius 3 is 2.47 bits per heavy atom. The van der Waals surface area contributed by atoms with Gasteiger partial charge in [-0.05, 0) is 30.3 Å². The molecule has 0 saturated heterocycles. The summed E-state index contributed by atoms with van der Waals surface area (Å²) in [5, 5.41) is 4.04. The minimum atomic E-state index is -1.59. The van der Waals surface area contributed by atoms with Gasteiger partial charge in [-0.2, -0.15) is 0 Å². The number of hydrogen-bond donors (Lipinski definition) is 0. The highest BCUT2D eigenvalue weighted by Gasteiger charge is 2.31. The van der Waals surface area contributed by atoms with Gasteiger partial charge >= 0.3 is 0 Å². The number of rotatable bonds is 6. The maximum Gasteiger partial charge on any atom is 0.286 e. The van der Waals surface area contributed by atoms with Crippen LogP contribution in [0.15, 0.2) is 28.0 Å². The molecule has 1 aromatic rings. The van der Waals surface area contributed by atoms with Crippen molar-refractivity contribution in [1.29, 1.82) is 0 Å². The Bertz CT molecular complexity index is 283. The van der Waals surface area contributed by atoms with Gasteiger partial charge in [0.25, 0.3) is 8.32 Å². The summed E-state index contributed by atoms with van der Waals surface area (Å²) in [5.74, 6) is 0.737. The van der Waals surface area contributed by atoms with Crippen molar-refractivity contribution in [3.05, 3.63) is 24.2 Å². The Labute approximate surface area is 92.2 Å². The van der Waals surface area contributed by atoms with E-state index in [1.54, 1.807) is 12.5 Å². The van der Waals surface area contributed by atoms with Crippen LogP contribution in [0.3, 0.4) is 0 Å². The van der Waals surface area contributed by atoms with Gasteiger partial charge in [-0.3, -0.25) is 0 Å². The Kier molecular flexibility index (Phi) is 4.62. The molecule has 0 saturated carbocycles. The molecule has 0 spiro atoms. The van der Waals surface area contributed by atoms with E-state index >= 15 is 0 Å². The molecule has 84 valence electrons. The van der Waals surface area contributed by atoms with Gasteiger partial charge in [-0.15, -0.1) is 5.16 Å². The third kappa shape index (κ3) is 3.23. The minimum absolute atomic E-state index is 0.737. The standard InChI is InChI=1S/C11H19NO2Si/c1-4-15(5-2,6-3)14-12-10-11-8-7-9-13-11/h7-10H,4-6H2,1-3H3. The van der Waals surface area contributed by atoms with Crippen molar-refractivity contribution in [2.45, 2.75) is 38.9 Å². The van der Waals surface area contributed by atoms with Gasteiger partial charge in [0.15, 0.2) is 0 Å². The van der Waals surface area contributed by atoms with Crippen LogP contribution in [0, 0.1) is 0 Å². The van der Waals surface area contributed by atoms with E-state index in [2.05, 4.69) is 25.9 Å². The van der Waals surface area contributed by atoms with Crippen LogP contribution in [0.1, 0.15) is 26.5 Å². The largest absolute Gasteiger partial charge is 0.463 e. The van der Waals surface area contributed by atoms with Gasteiger partial charge in [-0.1, -0.05) is 20.8 Å². The first-order valence-electron chi connectivity index (χ1n) is 5.51. The predicted molar refractivity (Wildman–Crippen MR) is 64.6 cm³/mol. The van der Waals surface area contributed by atoms with E-state index in [9.17, 15) is 0 Å². The van der Waals surface area contributed by atoms with Crippen LogP contribution in [-0.2, 0) is 4.53 Å². The summed E-state index contributed by atoms with van der Waals surface area (Å²) in [6, 6.07) is 7.02. The third-order valence-electron chi connectivity index (χ3n) is 2.90. The Morgan fingerprint density at radius 2 is 2.00 bits per heavy atom. The maximum absolute atomic E-state index is 5.70. The van der Waals surface area contributed by atoms with Gasteiger partial charge in [0.05, 0.1) is 6.26 Å². The summed E-state index contributed by atoms with van der Waals surface area (Å²) in [7, 11) is -1.59. The summed E-state index contributed by atoms with van der Waals surface area (Å²) >= 11 is 0. The molecule has 3 nitrogen and oxygen atoms in total. The lowest BCUT2D eigenvalue weighted by Gasteiger charge is -2.23. The van der Waals surface area contributed by atoms with Crippen molar-refractivity contribution in [3.8, 4) is 0 Å². The van der Waals surface area contributed by atoms with Crippen molar-refractivity contribution in [3.63, 3.8) is 0 Å². The van der Waals surface area contributed by atoms with Crippen molar-refractivity contribution < 1.29 is 8.94 Å². The molecule has 1 rings (SSSR count). The van der Waals surface area contributed by atoms with Crippen molar-refractivity contribution in [1.82, 2.24) is 0 Å². The average Bonchev–Trinajstić information content (AvgIpc) is 2.78. The molecule has 0 aliphatic carbocycles. The van der Waals surface area contributed by atoms with Crippen molar-refractivity contribution >= 4 is 14.5 Å². The fraction of sp³-hybridized carbons (Fsp3) is 0.545. The van der Waals surface area contributed by atoms with Crippen LogP contribution >= 0.6 is 0 Å². The molecule has 1 aromatic heterocycles. The first kappa shape index (κ1) is 12.0. The van der Waals surface area contributed by atoms with Gasteiger partial charge < -0.3 is 8.94 Å². The molecule has 0 aromatic carbocycles. The van der Waals surface area contributed by atoms with Crippen LogP contribution in [0.2, 0.25) is 18.1 Å². The van der Waals surface area contributed by atoms with E-state index in [1.807, 2.05) is 12.1 Å². The van der Waals surface area contributed by atoms with Gasteiger partial charge in [0.2, 0.25) is 0 Å². The van der Waals surface area contributed by atoms with Crippen LogP contribution < -0.4 is 0 Å². The molecule has 4 heteroatoms. The van der Waals surface area contributed by atoms with E-state index in [4.69, 9.17) is 8.94 Å². The molecule has 0 fully saturated rings. The summed E-state index contributed by atoms with van der Waals surface area (Å²) in [4.78, 5) is 0. The molecule has 0 atom stereocenters. The molecule has 0 radical (unpaired) electrons. The maximum atomic E-state index is 5.70. The Hall–Kier alpha value is -1.03. The zero-order chi connectivity index (χ0) is 11.1. The molecular weight excluding hydrogens is 206 g/mol. The zero-order valence-corrected chi connectivity index (χ0v) is 10.7. The second-order valence-electron chi connectivity index (χ2n) is 3.58. The highest BCUT2D eigenvalue weighted by Crippen LogP contribution is 2.21. The topological polar surface area (TPSA) is 34.7 Å². The lowest BCUT2D eigenvalue weighted by molar-refractivity contribution is 0.323. The molecule has 0 unspecified atom stereocenters. The molecule has 0 aliphatic heterocycles. The van der Waals surface area contributed by atoms with Crippen LogP contribution in [0.4, 0.5) is 0 Å². The number of nitrogens with zero attached hydrogens (tertiary/aromatic N) is 1. The highest BCUT2D eigenvalue weighted by atomic mass is 28.4. The fourth-order valence-corrected chi connectivity index (χ4v) is 3.66. The van der Waals surface area contributed by atoms with Crippen LogP contribution in [0.25, 0.3) is 0 Å². The molecule has 15 heavy (non-hydrogen) atoms. The third-order valence-corrected chi connectivity index (χ3v) is 7.26. The van der Waals surface area contributed by atoms with Crippen molar-refractivity contribution in [2.75, 3.05) is 0 Å². The first-order valence-corrected chi connectivity index (χ1v) is 8.04. The highest BCUT2D eigenvalue weighted by molar-refractivity contribution is 6.73. The van der Waals surface area contributed by atoms with Crippen molar-refractivity contribution in [2.24, 2.45) is 5.16 Å². The first-order chi connectivity index (χ1) is 7.26. The second-order valence-corrected chi connectivity index (χ2v) is 8.25. The summed E-state index contributed by atoms with van der Waals surface area (Å²) in [5.41, 5.74) is 0. The number of hydrogen-bond acceptors (Lipinski definition) is 3. The normalized spacial score (nSPS) is 12.2. The molecule has 1 heterocycles. The van der Waals surface area contributed by atoms with Gasteiger partial charge in [-0.25, -0.2) is 0 Å². The summed E-state index contributed by atoms with van der Waals surface area (Å²) in [6.07, 6.45) is 3.27. The smallest absolute Gasteiger partial charge is 0.286 e. The van der Waals surface area contributed by atoms with Gasteiger partial charge in [0, 0.05) is 0 Å². The number of oxime groups is 1. The molecule has 0 N–H and O–H groups in total. The summed E-state index contributed by atoms with van der Waals surface area (Å²) < 4.78 is 10.8. The molecule has 0 aliphatic rings. The van der Waals surface area contributed by atoms with E-state index in [0.717, 1.165) is 23.9 Å². The molecule has 0 bridgehead atoms. The quantitative estimate of drug-likeness (QED) is 0.421. The minimum Gasteiger partial charge on any atom is -0.463 e. The summed E-state index contributed by atoms with van der Waals surface area (Å²) in [6.45, 7) is 6.55. The zero-order valence-electron chi connectivity index (χ0n) is 9.69. The fourth-order valence-electron chi connectivity index (χ4n) is 1.50. The second kappa shape index (κ2) is 5.75. The lowest BCUT2D eigenvalue weighted by atomic mass is 10.5. The molecule has 0 amide bonds. The average molecular weight is 225 g/mol. The Morgan fingerprint density at radius 1 is 1.33 bits per heavy atom. The predicted octanol–water partition coefficient (Wildman–Crippen LogP) is 3.64. The van der Waals surface area contributed by atoms with E-state index in [0.29, 0.717) is 0 Å². The van der Waals surface area contributed by atoms with Crippen LogP contribution in [0.5, 0.6) is 0 Å². The van der Waals surface area contributed by atoms with E-state index in [1.165, 1.54) is 0 Å². The monoisotopic (exact) mass is 225 g/mol. The van der Waals surface area contributed by atoms with Gasteiger partial charge in [0.1, 0.15) is 12.0 Å². The van der Waals surface area contributed by atoms with E-state index < -0.39 is 8.32 Å². The molecular formula is C11H19NO2Si. The van der Waals surface area contributed by atoms with Crippen LogP contribution in [-0.4, -0.2) is 14.5 Å². The number of furan rings is 1.